The maximum atomic E-state index is 10.1. The van der Waals surface area contributed by atoms with Crippen LogP contribution in [-0.2, 0) is 0 Å². The Morgan fingerprint density at radius 3 is 2.96 bits per heavy atom. The van der Waals surface area contributed by atoms with E-state index >= 15 is 0 Å². The molecule has 1 atom stereocenters. The van der Waals surface area contributed by atoms with Gasteiger partial charge in [0, 0.05) is 37.0 Å². The molecule has 0 spiro atoms. The molecule has 144 valence electrons. The van der Waals surface area contributed by atoms with Crippen molar-refractivity contribution in [2.75, 3.05) is 23.3 Å². The van der Waals surface area contributed by atoms with Gasteiger partial charge in [0.15, 0.2) is 5.82 Å². The Kier molecular flexibility index (Phi) is 4.27. The summed E-state index contributed by atoms with van der Waals surface area (Å²) in [7, 11) is 0. The summed E-state index contributed by atoms with van der Waals surface area (Å²) in [5, 5.41) is 20.9. The second-order valence-corrected chi connectivity index (χ2v) is 8.57. The first kappa shape index (κ1) is 17.0. The molecular weight excluding hydrogens is 340 g/mol. The smallest absolute Gasteiger partial charge is 0.227 e. The van der Waals surface area contributed by atoms with E-state index in [0.717, 1.165) is 62.8 Å². The zero-order valence-electron chi connectivity index (χ0n) is 15.7. The van der Waals surface area contributed by atoms with Crippen LogP contribution in [0.2, 0.25) is 0 Å². The van der Waals surface area contributed by atoms with Gasteiger partial charge in [-0.05, 0) is 63.4 Å². The van der Waals surface area contributed by atoms with Crippen LogP contribution in [0.5, 0.6) is 0 Å². The molecule has 7 nitrogen and oxygen atoms in total. The summed E-state index contributed by atoms with van der Waals surface area (Å²) in [5.74, 6) is 3.66. The number of aliphatic hydroxyl groups is 1. The molecule has 0 amide bonds. The molecular formula is C20H28N6O. The summed E-state index contributed by atoms with van der Waals surface area (Å²) < 4.78 is 0. The number of piperidine rings is 1. The zero-order valence-corrected chi connectivity index (χ0v) is 15.7. The van der Waals surface area contributed by atoms with Crippen molar-refractivity contribution in [1.82, 2.24) is 20.2 Å². The summed E-state index contributed by atoms with van der Waals surface area (Å²) in [5.41, 5.74) is 0.869. The number of nitrogens with one attached hydrogen (secondary N) is 2. The monoisotopic (exact) mass is 368 g/mol. The lowest BCUT2D eigenvalue weighted by Gasteiger charge is -2.33. The summed E-state index contributed by atoms with van der Waals surface area (Å²) >= 11 is 0. The minimum atomic E-state index is -0.342. The number of hydrogen-bond acceptors (Lipinski definition) is 6. The molecule has 2 aliphatic carbocycles. The van der Waals surface area contributed by atoms with Gasteiger partial charge in [-0.1, -0.05) is 0 Å². The fraction of sp³-hybridized carbons (Fsp3) is 0.650. The number of aromatic amines is 1. The van der Waals surface area contributed by atoms with E-state index in [-0.39, 0.29) is 5.60 Å². The highest BCUT2D eigenvalue weighted by Crippen LogP contribution is 2.41. The highest BCUT2D eigenvalue weighted by molar-refractivity contribution is 5.53. The fourth-order valence-electron chi connectivity index (χ4n) is 4.06. The van der Waals surface area contributed by atoms with E-state index in [9.17, 15) is 5.11 Å². The standard InChI is InChI=1S/C20H28N6O/c27-20(8-9-20)7-5-14-2-1-11-26(13-14)19-21-10-6-17(23-19)22-18-12-16(24-25-18)15-3-4-15/h6,10,12,14-15,27H,1-5,7-9,11,13H2,(H2,21,22,23,24,25). The summed E-state index contributed by atoms with van der Waals surface area (Å²) in [6.45, 7) is 1.98. The van der Waals surface area contributed by atoms with Crippen LogP contribution in [0.1, 0.15) is 63.0 Å². The first-order valence-electron chi connectivity index (χ1n) is 10.3. The van der Waals surface area contributed by atoms with E-state index in [1.54, 1.807) is 0 Å². The first-order valence-corrected chi connectivity index (χ1v) is 10.3. The molecule has 2 aromatic rings. The van der Waals surface area contributed by atoms with Crippen LogP contribution in [0.15, 0.2) is 18.3 Å². The average Bonchev–Trinajstić information content (AvgIpc) is 3.62. The number of anilines is 3. The lowest BCUT2D eigenvalue weighted by molar-refractivity contribution is 0.128. The van der Waals surface area contributed by atoms with Crippen LogP contribution >= 0.6 is 0 Å². The molecule has 7 heteroatoms. The van der Waals surface area contributed by atoms with Crippen molar-refractivity contribution in [3.63, 3.8) is 0 Å². The number of hydrogen-bond donors (Lipinski definition) is 3. The summed E-state index contributed by atoms with van der Waals surface area (Å²) in [6.07, 6.45) is 10.7. The van der Waals surface area contributed by atoms with Gasteiger partial charge in [0.05, 0.1) is 5.60 Å². The number of H-pyrrole nitrogens is 1. The Bertz CT molecular complexity index is 797. The molecule has 2 saturated carbocycles. The van der Waals surface area contributed by atoms with Crippen LogP contribution in [0.25, 0.3) is 0 Å². The molecule has 5 rings (SSSR count). The van der Waals surface area contributed by atoms with Crippen LogP contribution in [0.3, 0.4) is 0 Å². The van der Waals surface area contributed by atoms with Crippen LogP contribution in [-0.4, -0.2) is 44.0 Å². The minimum absolute atomic E-state index is 0.342. The van der Waals surface area contributed by atoms with Gasteiger partial charge in [-0.15, -0.1) is 0 Å². The average molecular weight is 368 g/mol. The van der Waals surface area contributed by atoms with Crippen LogP contribution < -0.4 is 10.2 Å². The normalized spacial score (nSPS) is 24.0. The molecule has 0 aromatic carbocycles. The van der Waals surface area contributed by atoms with Crippen molar-refractivity contribution in [1.29, 1.82) is 0 Å². The molecule has 3 N–H and O–H groups in total. The van der Waals surface area contributed by atoms with Gasteiger partial charge in [-0.3, -0.25) is 5.10 Å². The molecule has 3 heterocycles. The van der Waals surface area contributed by atoms with E-state index in [2.05, 4.69) is 31.5 Å². The van der Waals surface area contributed by atoms with Crippen molar-refractivity contribution in [3.05, 3.63) is 24.0 Å². The van der Waals surface area contributed by atoms with E-state index in [1.807, 2.05) is 12.3 Å². The Morgan fingerprint density at radius 1 is 1.26 bits per heavy atom. The Hall–Kier alpha value is -2.15. The Balaban J connectivity index is 1.22. The molecule has 1 aliphatic heterocycles. The second kappa shape index (κ2) is 6.78. The molecule has 3 aliphatic rings. The van der Waals surface area contributed by atoms with E-state index in [0.29, 0.717) is 11.8 Å². The molecule has 1 saturated heterocycles. The predicted octanol–water partition coefficient (Wildman–Crippen LogP) is 3.34. The molecule has 27 heavy (non-hydrogen) atoms. The van der Waals surface area contributed by atoms with Crippen molar-refractivity contribution < 1.29 is 5.11 Å². The maximum Gasteiger partial charge on any atom is 0.227 e. The van der Waals surface area contributed by atoms with Crippen molar-refractivity contribution in [3.8, 4) is 0 Å². The van der Waals surface area contributed by atoms with Gasteiger partial charge in [0.2, 0.25) is 5.95 Å². The van der Waals surface area contributed by atoms with E-state index in [4.69, 9.17) is 4.98 Å². The molecule has 3 fully saturated rings. The van der Waals surface area contributed by atoms with Crippen molar-refractivity contribution >= 4 is 17.6 Å². The van der Waals surface area contributed by atoms with Gasteiger partial charge < -0.3 is 15.3 Å². The third-order valence-corrected chi connectivity index (χ3v) is 6.16. The quantitative estimate of drug-likeness (QED) is 0.694. The van der Waals surface area contributed by atoms with E-state index in [1.165, 1.54) is 25.0 Å². The van der Waals surface area contributed by atoms with Gasteiger partial charge in [-0.25, -0.2) is 4.98 Å². The zero-order chi connectivity index (χ0) is 18.3. The molecule has 2 aromatic heterocycles. The molecule has 0 bridgehead atoms. The Labute approximate surface area is 159 Å². The third-order valence-electron chi connectivity index (χ3n) is 6.16. The number of aromatic nitrogens is 4. The van der Waals surface area contributed by atoms with Gasteiger partial charge in [0.25, 0.3) is 0 Å². The van der Waals surface area contributed by atoms with Crippen molar-refractivity contribution in [2.45, 2.75) is 62.9 Å². The number of nitrogens with zero attached hydrogens (tertiary/aromatic N) is 4. The largest absolute Gasteiger partial charge is 0.390 e. The van der Waals surface area contributed by atoms with Crippen LogP contribution in [0, 0.1) is 5.92 Å². The lowest BCUT2D eigenvalue weighted by Crippen LogP contribution is -2.37. The summed E-state index contributed by atoms with van der Waals surface area (Å²) in [6, 6.07) is 3.97. The Morgan fingerprint density at radius 2 is 2.15 bits per heavy atom. The molecule has 0 radical (unpaired) electrons. The first-order chi connectivity index (χ1) is 13.2. The summed E-state index contributed by atoms with van der Waals surface area (Å²) in [4.78, 5) is 11.5. The highest BCUT2D eigenvalue weighted by atomic mass is 16.3. The third kappa shape index (κ3) is 4.08. The number of rotatable bonds is 7. The topological polar surface area (TPSA) is 90.0 Å². The highest BCUT2D eigenvalue weighted by Gasteiger charge is 2.40. The lowest BCUT2D eigenvalue weighted by atomic mass is 9.92. The van der Waals surface area contributed by atoms with E-state index < -0.39 is 0 Å². The van der Waals surface area contributed by atoms with Gasteiger partial charge in [-0.2, -0.15) is 10.1 Å². The predicted molar refractivity (Wildman–Crippen MR) is 104 cm³/mol. The SMILES string of the molecule is OC1(CCC2CCCN(c3nccc(Nc4cc(C5CC5)[nH]n4)n3)C2)CC1. The molecule has 1 unspecified atom stereocenters. The second-order valence-electron chi connectivity index (χ2n) is 8.57. The van der Waals surface area contributed by atoms with Crippen LogP contribution in [0.4, 0.5) is 17.6 Å². The fourth-order valence-corrected chi connectivity index (χ4v) is 4.06. The van der Waals surface area contributed by atoms with Crippen molar-refractivity contribution in [2.24, 2.45) is 5.92 Å². The minimum Gasteiger partial charge on any atom is -0.390 e. The maximum absolute atomic E-state index is 10.1. The van der Waals surface area contributed by atoms with Gasteiger partial charge >= 0.3 is 0 Å². The van der Waals surface area contributed by atoms with Gasteiger partial charge in [0.1, 0.15) is 5.82 Å².